The zero-order valence-corrected chi connectivity index (χ0v) is 10.3. The SMILES string of the molecule is CCCC(NC(=O)c1ccncc1O)C(N)=S. The van der Waals surface area contributed by atoms with Gasteiger partial charge in [-0.25, -0.2) is 0 Å². The fourth-order valence-electron chi connectivity index (χ4n) is 1.39. The lowest BCUT2D eigenvalue weighted by molar-refractivity contribution is 0.0943. The van der Waals surface area contributed by atoms with Gasteiger partial charge < -0.3 is 16.2 Å². The zero-order valence-electron chi connectivity index (χ0n) is 9.51. The van der Waals surface area contributed by atoms with Crippen LogP contribution in [0.3, 0.4) is 0 Å². The van der Waals surface area contributed by atoms with E-state index in [4.69, 9.17) is 18.0 Å². The topological polar surface area (TPSA) is 88.2 Å². The molecule has 0 aromatic carbocycles. The molecule has 0 aliphatic rings. The van der Waals surface area contributed by atoms with Crippen molar-refractivity contribution in [3.63, 3.8) is 0 Å². The molecule has 0 spiro atoms. The molecule has 1 aromatic rings. The van der Waals surface area contributed by atoms with Crippen LogP contribution in [0.15, 0.2) is 18.5 Å². The van der Waals surface area contributed by atoms with Crippen molar-refractivity contribution in [2.24, 2.45) is 5.73 Å². The molecule has 4 N–H and O–H groups in total. The molecule has 0 saturated heterocycles. The Balaban J connectivity index is 2.77. The van der Waals surface area contributed by atoms with E-state index >= 15 is 0 Å². The minimum Gasteiger partial charge on any atom is -0.505 e. The van der Waals surface area contributed by atoms with Gasteiger partial charge in [-0.1, -0.05) is 25.6 Å². The minimum absolute atomic E-state index is 0.164. The molecule has 0 radical (unpaired) electrons. The van der Waals surface area contributed by atoms with Gasteiger partial charge in [0.1, 0.15) is 5.75 Å². The molecule has 0 aliphatic carbocycles. The highest BCUT2D eigenvalue weighted by molar-refractivity contribution is 7.80. The Morgan fingerprint density at radius 2 is 2.41 bits per heavy atom. The molecule has 0 fully saturated rings. The van der Waals surface area contributed by atoms with Crippen LogP contribution >= 0.6 is 12.2 Å². The molecule has 1 aromatic heterocycles. The number of rotatable bonds is 5. The van der Waals surface area contributed by atoms with Crippen molar-refractivity contribution < 1.29 is 9.90 Å². The minimum atomic E-state index is -0.406. The molecule has 1 heterocycles. The van der Waals surface area contributed by atoms with Gasteiger partial charge in [0, 0.05) is 6.20 Å². The third-order valence-electron chi connectivity index (χ3n) is 2.27. The van der Waals surface area contributed by atoms with Crippen LogP contribution in [0.25, 0.3) is 0 Å². The quantitative estimate of drug-likeness (QED) is 0.681. The number of aromatic hydroxyl groups is 1. The first kappa shape index (κ1) is 13.4. The van der Waals surface area contributed by atoms with Gasteiger partial charge in [0.25, 0.3) is 5.91 Å². The zero-order chi connectivity index (χ0) is 12.8. The summed E-state index contributed by atoms with van der Waals surface area (Å²) in [6.45, 7) is 1.97. The lowest BCUT2D eigenvalue weighted by atomic mass is 10.1. The van der Waals surface area contributed by atoms with Gasteiger partial charge in [-0.3, -0.25) is 9.78 Å². The number of nitrogens with zero attached hydrogens (tertiary/aromatic N) is 1. The van der Waals surface area contributed by atoms with E-state index in [0.29, 0.717) is 6.42 Å². The normalized spacial score (nSPS) is 11.8. The first-order valence-electron chi connectivity index (χ1n) is 5.29. The molecule has 6 heteroatoms. The Kier molecular flexibility index (Phi) is 4.84. The number of hydrogen-bond donors (Lipinski definition) is 3. The molecule has 1 atom stereocenters. The molecule has 1 amide bonds. The summed E-state index contributed by atoms with van der Waals surface area (Å²) < 4.78 is 0. The van der Waals surface area contributed by atoms with Gasteiger partial charge in [-0.15, -0.1) is 0 Å². The maximum atomic E-state index is 11.8. The van der Waals surface area contributed by atoms with Crippen molar-refractivity contribution in [2.45, 2.75) is 25.8 Å². The van der Waals surface area contributed by atoms with E-state index in [1.54, 1.807) is 0 Å². The third-order valence-corrected chi connectivity index (χ3v) is 2.56. The van der Waals surface area contributed by atoms with Crippen molar-refractivity contribution in [3.05, 3.63) is 24.0 Å². The van der Waals surface area contributed by atoms with Crippen molar-refractivity contribution in [1.82, 2.24) is 10.3 Å². The van der Waals surface area contributed by atoms with E-state index in [2.05, 4.69) is 10.3 Å². The highest BCUT2D eigenvalue weighted by Crippen LogP contribution is 2.14. The second-order valence-electron chi connectivity index (χ2n) is 3.61. The number of nitrogens with two attached hydrogens (primary N) is 1. The maximum Gasteiger partial charge on any atom is 0.255 e. The number of amides is 1. The van der Waals surface area contributed by atoms with Gasteiger partial charge in [0.05, 0.1) is 22.8 Å². The van der Waals surface area contributed by atoms with Crippen LogP contribution in [0, 0.1) is 0 Å². The van der Waals surface area contributed by atoms with Crippen molar-refractivity contribution in [1.29, 1.82) is 0 Å². The number of pyridine rings is 1. The molecule has 0 saturated carbocycles. The summed E-state index contributed by atoms with van der Waals surface area (Å²) in [5.41, 5.74) is 5.69. The van der Waals surface area contributed by atoms with Crippen LogP contribution in [0.4, 0.5) is 0 Å². The molecule has 0 bridgehead atoms. The van der Waals surface area contributed by atoms with Crippen LogP contribution in [0.2, 0.25) is 0 Å². The van der Waals surface area contributed by atoms with Crippen LogP contribution in [-0.2, 0) is 0 Å². The van der Waals surface area contributed by atoms with E-state index in [0.717, 1.165) is 6.42 Å². The van der Waals surface area contributed by atoms with Crippen LogP contribution < -0.4 is 11.1 Å². The predicted octanol–water partition coefficient (Wildman–Crippen LogP) is 0.972. The van der Waals surface area contributed by atoms with Crippen LogP contribution in [-0.4, -0.2) is 27.0 Å². The first-order chi connectivity index (χ1) is 8.06. The smallest absolute Gasteiger partial charge is 0.255 e. The highest BCUT2D eigenvalue weighted by Gasteiger charge is 2.17. The third kappa shape index (κ3) is 3.67. The fraction of sp³-hybridized carbons (Fsp3) is 0.364. The van der Waals surface area contributed by atoms with E-state index in [1.807, 2.05) is 6.92 Å². The summed E-state index contributed by atoms with van der Waals surface area (Å²) in [5.74, 6) is -0.570. The van der Waals surface area contributed by atoms with E-state index in [-0.39, 0.29) is 22.3 Å². The number of carbonyl (C=O) groups excluding carboxylic acids is 1. The number of aromatic nitrogens is 1. The van der Waals surface area contributed by atoms with Gasteiger partial charge in [0.2, 0.25) is 0 Å². The molecule has 17 heavy (non-hydrogen) atoms. The van der Waals surface area contributed by atoms with Gasteiger partial charge >= 0.3 is 0 Å². The predicted molar refractivity (Wildman–Crippen MR) is 68.8 cm³/mol. The lowest BCUT2D eigenvalue weighted by Crippen LogP contribution is -2.43. The van der Waals surface area contributed by atoms with Gasteiger partial charge in [0.15, 0.2) is 0 Å². The maximum absolute atomic E-state index is 11.8. The van der Waals surface area contributed by atoms with Crippen molar-refractivity contribution in [2.75, 3.05) is 0 Å². The second-order valence-corrected chi connectivity index (χ2v) is 4.08. The summed E-state index contributed by atoms with van der Waals surface area (Å²) in [6.07, 6.45) is 4.17. The number of thiocarbonyl (C=S) groups is 1. The first-order valence-corrected chi connectivity index (χ1v) is 5.70. The number of carbonyl (C=O) groups is 1. The molecule has 0 aliphatic heterocycles. The summed E-state index contributed by atoms with van der Waals surface area (Å²) in [4.78, 5) is 15.8. The van der Waals surface area contributed by atoms with Gasteiger partial charge in [-0.2, -0.15) is 0 Å². The Bertz CT molecular complexity index is 423. The number of hydrogen-bond acceptors (Lipinski definition) is 4. The Hall–Kier alpha value is -1.69. The van der Waals surface area contributed by atoms with Crippen molar-refractivity contribution >= 4 is 23.1 Å². The summed E-state index contributed by atoms with van der Waals surface area (Å²) in [7, 11) is 0. The standard InChI is InChI=1S/C11H15N3O2S/c1-2-3-8(10(12)17)14-11(16)7-4-5-13-6-9(7)15/h4-6,8,15H,2-3H2,1H3,(H2,12,17)(H,14,16). The fourth-order valence-corrected chi connectivity index (χ4v) is 1.57. The highest BCUT2D eigenvalue weighted by atomic mass is 32.1. The summed E-state index contributed by atoms with van der Waals surface area (Å²) >= 11 is 4.87. The lowest BCUT2D eigenvalue weighted by Gasteiger charge is -2.16. The van der Waals surface area contributed by atoms with Gasteiger partial charge in [-0.05, 0) is 12.5 Å². The van der Waals surface area contributed by atoms with E-state index < -0.39 is 5.91 Å². The van der Waals surface area contributed by atoms with E-state index in [1.165, 1.54) is 18.5 Å². The Morgan fingerprint density at radius 1 is 1.71 bits per heavy atom. The monoisotopic (exact) mass is 253 g/mol. The Morgan fingerprint density at radius 3 is 2.94 bits per heavy atom. The molecule has 92 valence electrons. The second kappa shape index (κ2) is 6.15. The molecule has 1 rings (SSSR count). The molecule has 5 nitrogen and oxygen atoms in total. The average molecular weight is 253 g/mol. The Labute approximate surface area is 105 Å². The summed E-state index contributed by atoms with van der Waals surface area (Å²) in [5, 5.41) is 12.2. The van der Waals surface area contributed by atoms with Crippen LogP contribution in [0.1, 0.15) is 30.1 Å². The van der Waals surface area contributed by atoms with Crippen LogP contribution in [0.5, 0.6) is 5.75 Å². The molecule has 1 unspecified atom stereocenters. The van der Waals surface area contributed by atoms with E-state index in [9.17, 15) is 9.90 Å². The number of nitrogens with one attached hydrogen (secondary N) is 1. The molecular weight excluding hydrogens is 238 g/mol. The van der Waals surface area contributed by atoms with Crippen molar-refractivity contribution in [3.8, 4) is 5.75 Å². The summed E-state index contributed by atoms with van der Waals surface area (Å²) in [6, 6.07) is 1.09. The largest absolute Gasteiger partial charge is 0.505 e. The molecular formula is C11H15N3O2S. The average Bonchev–Trinajstić information content (AvgIpc) is 2.28.